The minimum atomic E-state index is -1.26. The van der Waals surface area contributed by atoms with Crippen molar-refractivity contribution in [3.8, 4) is 0 Å². The van der Waals surface area contributed by atoms with Crippen molar-refractivity contribution in [3.05, 3.63) is 144 Å². The van der Waals surface area contributed by atoms with E-state index >= 15 is 0 Å². The molecule has 0 spiro atoms. The summed E-state index contributed by atoms with van der Waals surface area (Å²) in [5, 5.41) is 0. The van der Waals surface area contributed by atoms with Crippen LogP contribution < -0.4 is 0 Å². The molecular formula is C36H32O9S. The van der Waals surface area contributed by atoms with Crippen molar-refractivity contribution in [1.82, 2.24) is 0 Å². The van der Waals surface area contributed by atoms with Gasteiger partial charge < -0.3 is 23.7 Å². The fraction of sp³-hybridized carbons (Fsp3) is 0.222. The second-order valence-electron chi connectivity index (χ2n) is 10.2. The zero-order chi connectivity index (χ0) is 32.3. The highest BCUT2D eigenvalue weighted by atomic mass is 32.2. The Labute approximate surface area is 270 Å². The summed E-state index contributed by atoms with van der Waals surface area (Å²) in [5.41, 5.74) is 0.296. The molecule has 4 aromatic carbocycles. The van der Waals surface area contributed by atoms with E-state index in [2.05, 4.69) is 0 Å². The molecule has 10 heteroatoms. The summed E-state index contributed by atoms with van der Waals surface area (Å²) in [5.74, 6) is -2.14. The van der Waals surface area contributed by atoms with E-state index in [0.29, 0.717) is 16.9 Å². The standard InChI is InChI=1S/C36H32O9S/c1-2-46-36-31(44-35(40)27-21-13-6-14-22-27)30(43-34(39)26-19-11-5-12-20-26)29(45-36)28(42-33(38)25-17-9-4-10-18-25)23-41-32(37)24-15-7-3-8-16-24/h3-22,28-31,36H,2,23H2,1H3. The van der Waals surface area contributed by atoms with Crippen LogP contribution in [0.1, 0.15) is 48.4 Å². The first-order chi connectivity index (χ1) is 22.4. The largest absolute Gasteiger partial charge is 0.458 e. The Hall–Kier alpha value is -4.93. The SMILES string of the molecule is CCSC1OC(C(COC(=O)c2ccccc2)OC(=O)c2ccccc2)C(OC(=O)c2ccccc2)C1OC(=O)c1ccccc1. The lowest BCUT2D eigenvalue weighted by Crippen LogP contribution is -2.47. The predicted molar refractivity (Wildman–Crippen MR) is 170 cm³/mol. The smallest absolute Gasteiger partial charge is 0.338 e. The van der Waals surface area contributed by atoms with E-state index in [1.54, 1.807) is 121 Å². The van der Waals surface area contributed by atoms with E-state index in [4.69, 9.17) is 23.7 Å². The van der Waals surface area contributed by atoms with Gasteiger partial charge in [0.1, 0.15) is 18.1 Å². The highest BCUT2D eigenvalue weighted by Crippen LogP contribution is 2.37. The van der Waals surface area contributed by atoms with Crippen LogP contribution in [0.15, 0.2) is 121 Å². The summed E-state index contributed by atoms with van der Waals surface area (Å²) >= 11 is 1.33. The van der Waals surface area contributed by atoms with Crippen LogP contribution in [-0.2, 0) is 23.7 Å². The molecule has 0 radical (unpaired) electrons. The van der Waals surface area contributed by atoms with Crippen LogP contribution in [0, 0.1) is 0 Å². The predicted octanol–water partition coefficient (Wildman–Crippen LogP) is 6.00. The van der Waals surface area contributed by atoms with Crippen LogP contribution in [0.25, 0.3) is 0 Å². The van der Waals surface area contributed by atoms with Gasteiger partial charge in [0.2, 0.25) is 0 Å². The minimum Gasteiger partial charge on any atom is -0.458 e. The zero-order valence-electron chi connectivity index (χ0n) is 24.9. The molecule has 5 unspecified atom stereocenters. The number of ether oxygens (including phenoxy) is 5. The quantitative estimate of drug-likeness (QED) is 0.135. The molecule has 1 saturated heterocycles. The molecule has 0 amide bonds. The molecule has 9 nitrogen and oxygen atoms in total. The third kappa shape index (κ3) is 8.21. The highest BCUT2D eigenvalue weighted by molar-refractivity contribution is 7.99. The van der Waals surface area contributed by atoms with Gasteiger partial charge >= 0.3 is 23.9 Å². The van der Waals surface area contributed by atoms with E-state index < -0.39 is 60.3 Å². The van der Waals surface area contributed by atoms with Crippen molar-refractivity contribution in [3.63, 3.8) is 0 Å². The third-order valence-electron chi connectivity index (χ3n) is 7.07. The van der Waals surface area contributed by atoms with Gasteiger partial charge in [0.05, 0.1) is 22.3 Å². The Kier molecular flexibility index (Phi) is 11.2. The number of carbonyl (C=O) groups excluding carboxylic acids is 4. The van der Waals surface area contributed by atoms with Crippen LogP contribution in [0.2, 0.25) is 0 Å². The van der Waals surface area contributed by atoms with E-state index in [1.165, 1.54) is 11.8 Å². The number of hydrogen-bond donors (Lipinski definition) is 0. The van der Waals surface area contributed by atoms with Crippen molar-refractivity contribution >= 4 is 35.6 Å². The molecule has 0 aliphatic carbocycles. The van der Waals surface area contributed by atoms with E-state index in [0.717, 1.165) is 0 Å². The molecule has 1 aliphatic heterocycles. The fourth-order valence-electron chi connectivity index (χ4n) is 4.83. The van der Waals surface area contributed by atoms with E-state index in [1.807, 2.05) is 6.92 Å². The molecule has 0 aromatic heterocycles. The number of carbonyl (C=O) groups is 4. The summed E-state index contributed by atoms with van der Waals surface area (Å²) in [6.45, 7) is 1.47. The van der Waals surface area contributed by atoms with Gasteiger partial charge in [-0.3, -0.25) is 0 Å². The number of rotatable bonds is 12. The Bertz CT molecular complexity index is 1600. The van der Waals surface area contributed by atoms with Crippen molar-refractivity contribution in [2.24, 2.45) is 0 Å². The number of esters is 4. The lowest BCUT2D eigenvalue weighted by atomic mass is 10.1. The average Bonchev–Trinajstić information content (AvgIpc) is 3.43. The summed E-state index contributed by atoms with van der Waals surface area (Å²) < 4.78 is 29.9. The Morgan fingerprint density at radius 2 is 1.02 bits per heavy atom. The summed E-state index contributed by atoms with van der Waals surface area (Å²) in [7, 11) is 0. The Morgan fingerprint density at radius 3 is 1.48 bits per heavy atom. The fourth-order valence-corrected chi connectivity index (χ4v) is 5.76. The van der Waals surface area contributed by atoms with Gasteiger partial charge in [-0.25, -0.2) is 19.2 Å². The van der Waals surface area contributed by atoms with Gasteiger partial charge in [0.25, 0.3) is 0 Å². The maximum atomic E-state index is 13.4. The van der Waals surface area contributed by atoms with Gasteiger partial charge in [-0.15, -0.1) is 11.8 Å². The Morgan fingerprint density at radius 1 is 0.609 bits per heavy atom. The van der Waals surface area contributed by atoms with Gasteiger partial charge in [0, 0.05) is 0 Å². The van der Waals surface area contributed by atoms with Crippen LogP contribution in [-0.4, -0.2) is 66.1 Å². The molecular weight excluding hydrogens is 608 g/mol. The van der Waals surface area contributed by atoms with Gasteiger partial charge in [-0.1, -0.05) is 79.7 Å². The van der Waals surface area contributed by atoms with Crippen LogP contribution >= 0.6 is 11.8 Å². The molecule has 1 fully saturated rings. The topological polar surface area (TPSA) is 114 Å². The molecule has 0 saturated carbocycles. The number of hydrogen-bond acceptors (Lipinski definition) is 10. The molecule has 0 bridgehead atoms. The van der Waals surface area contributed by atoms with Gasteiger partial charge in [-0.05, 0) is 54.3 Å². The van der Waals surface area contributed by atoms with Crippen molar-refractivity contribution in [2.75, 3.05) is 12.4 Å². The Balaban J connectivity index is 1.49. The number of thioether (sulfide) groups is 1. The molecule has 236 valence electrons. The van der Waals surface area contributed by atoms with Crippen molar-refractivity contribution < 1.29 is 42.9 Å². The molecule has 1 heterocycles. The van der Waals surface area contributed by atoms with Gasteiger partial charge in [-0.2, -0.15) is 0 Å². The normalized spacial score (nSPS) is 19.4. The first-order valence-electron chi connectivity index (χ1n) is 14.7. The summed E-state index contributed by atoms with van der Waals surface area (Å²) in [6.07, 6.45) is -4.78. The summed E-state index contributed by atoms with van der Waals surface area (Å²) in [4.78, 5) is 52.9. The van der Waals surface area contributed by atoms with Gasteiger partial charge in [0.15, 0.2) is 18.3 Å². The van der Waals surface area contributed by atoms with Crippen LogP contribution in [0.3, 0.4) is 0 Å². The molecule has 46 heavy (non-hydrogen) atoms. The molecule has 4 aromatic rings. The van der Waals surface area contributed by atoms with Crippen molar-refractivity contribution in [1.29, 1.82) is 0 Å². The molecule has 5 rings (SSSR count). The van der Waals surface area contributed by atoms with Crippen LogP contribution in [0.5, 0.6) is 0 Å². The molecule has 1 aliphatic rings. The van der Waals surface area contributed by atoms with Crippen molar-refractivity contribution in [2.45, 2.75) is 36.8 Å². The first-order valence-corrected chi connectivity index (χ1v) is 15.8. The number of benzene rings is 4. The summed E-state index contributed by atoms with van der Waals surface area (Å²) in [6, 6.07) is 33.3. The zero-order valence-corrected chi connectivity index (χ0v) is 25.7. The first kappa shape index (κ1) is 32.5. The third-order valence-corrected chi connectivity index (χ3v) is 8.11. The second-order valence-corrected chi connectivity index (χ2v) is 11.5. The maximum absolute atomic E-state index is 13.4. The molecule has 5 atom stereocenters. The molecule has 0 N–H and O–H groups in total. The minimum absolute atomic E-state index is 0.254. The highest BCUT2D eigenvalue weighted by Gasteiger charge is 2.54. The maximum Gasteiger partial charge on any atom is 0.338 e. The van der Waals surface area contributed by atoms with Crippen LogP contribution in [0.4, 0.5) is 0 Å². The monoisotopic (exact) mass is 640 g/mol. The lowest BCUT2D eigenvalue weighted by Gasteiger charge is -2.28. The lowest BCUT2D eigenvalue weighted by molar-refractivity contribution is -0.0899. The van der Waals surface area contributed by atoms with E-state index in [9.17, 15) is 19.2 Å². The average molecular weight is 641 g/mol. The second kappa shape index (κ2) is 15.9. The van der Waals surface area contributed by atoms with E-state index in [-0.39, 0.29) is 11.1 Å².